The second-order valence-electron chi connectivity index (χ2n) is 4.05. The van der Waals surface area contributed by atoms with E-state index in [1.807, 2.05) is 36.4 Å². The normalized spacial score (nSPS) is 12.2. The maximum absolute atomic E-state index is 6.00. The highest BCUT2D eigenvalue weighted by Gasteiger charge is 2.08. The van der Waals surface area contributed by atoms with Gasteiger partial charge in [-0.2, -0.15) is 0 Å². The van der Waals surface area contributed by atoms with E-state index in [0.717, 1.165) is 25.2 Å². The Labute approximate surface area is 129 Å². The third kappa shape index (κ3) is 3.50. The SMILES string of the molecule is CC(Nc1cc(Br)ccc1Br)c1cccc(Cl)c1. The first-order valence-corrected chi connectivity index (χ1v) is 7.50. The van der Waals surface area contributed by atoms with Crippen LogP contribution in [0.5, 0.6) is 0 Å². The van der Waals surface area contributed by atoms with E-state index in [9.17, 15) is 0 Å². The summed E-state index contributed by atoms with van der Waals surface area (Å²) in [6.45, 7) is 2.11. The monoisotopic (exact) mass is 387 g/mol. The van der Waals surface area contributed by atoms with Crippen molar-refractivity contribution >= 4 is 49.1 Å². The molecule has 0 saturated heterocycles. The molecule has 2 aromatic rings. The van der Waals surface area contributed by atoms with Gasteiger partial charge in [-0.1, -0.05) is 39.7 Å². The van der Waals surface area contributed by atoms with E-state index in [0.29, 0.717) is 0 Å². The molecule has 94 valence electrons. The van der Waals surface area contributed by atoms with Crippen LogP contribution in [0.2, 0.25) is 5.02 Å². The van der Waals surface area contributed by atoms with E-state index in [1.54, 1.807) is 0 Å². The van der Waals surface area contributed by atoms with Crippen LogP contribution in [0.25, 0.3) is 0 Å². The van der Waals surface area contributed by atoms with Gasteiger partial charge in [0.2, 0.25) is 0 Å². The van der Waals surface area contributed by atoms with Gasteiger partial charge < -0.3 is 5.32 Å². The highest BCUT2D eigenvalue weighted by molar-refractivity contribution is 9.11. The summed E-state index contributed by atoms with van der Waals surface area (Å²) in [6, 6.07) is 14.1. The average molecular weight is 390 g/mol. The molecular formula is C14H12Br2ClN. The maximum Gasteiger partial charge on any atom is 0.0500 e. The smallest absolute Gasteiger partial charge is 0.0500 e. The van der Waals surface area contributed by atoms with Crippen molar-refractivity contribution in [1.82, 2.24) is 0 Å². The summed E-state index contributed by atoms with van der Waals surface area (Å²) in [5, 5.41) is 4.22. The Kier molecular flexibility index (Phi) is 4.71. The Hall–Kier alpha value is -0.510. The summed E-state index contributed by atoms with van der Waals surface area (Å²) < 4.78 is 2.09. The fraction of sp³-hybridized carbons (Fsp3) is 0.143. The van der Waals surface area contributed by atoms with Crippen molar-refractivity contribution < 1.29 is 0 Å². The van der Waals surface area contributed by atoms with Gasteiger partial charge in [-0.3, -0.25) is 0 Å². The van der Waals surface area contributed by atoms with Gasteiger partial charge in [0.25, 0.3) is 0 Å². The van der Waals surface area contributed by atoms with Crippen molar-refractivity contribution in [2.45, 2.75) is 13.0 Å². The Morgan fingerprint density at radius 1 is 1.11 bits per heavy atom. The molecule has 0 radical (unpaired) electrons. The van der Waals surface area contributed by atoms with Crippen LogP contribution in [0.3, 0.4) is 0 Å². The molecule has 0 amide bonds. The minimum Gasteiger partial charge on any atom is -0.378 e. The first kappa shape index (κ1) is 13.9. The lowest BCUT2D eigenvalue weighted by Crippen LogP contribution is -2.06. The minimum absolute atomic E-state index is 0.189. The molecule has 0 aromatic heterocycles. The van der Waals surface area contributed by atoms with Crippen LogP contribution in [0.4, 0.5) is 5.69 Å². The van der Waals surface area contributed by atoms with Crippen LogP contribution in [0.1, 0.15) is 18.5 Å². The van der Waals surface area contributed by atoms with E-state index < -0.39 is 0 Å². The minimum atomic E-state index is 0.189. The van der Waals surface area contributed by atoms with Gasteiger partial charge in [-0.25, -0.2) is 0 Å². The van der Waals surface area contributed by atoms with E-state index >= 15 is 0 Å². The standard InChI is InChI=1S/C14H12Br2ClN/c1-9(10-3-2-4-12(17)7-10)18-14-8-11(15)5-6-13(14)16/h2-9,18H,1H3. The molecule has 1 N–H and O–H groups in total. The van der Waals surface area contributed by atoms with E-state index in [1.165, 1.54) is 0 Å². The molecule has 0 aliphatic rings. The third-order valence-electron chi connectivity index (χ3n) is 2.65. The zero-order valence-electron chi connectivity index (χ0n) is 9.75. The third-order valence-corrected chi connectivity index (χ3v) is 4.07. The number of benzene rings is 2. The van der Waals surface area contributed by atoms with E-state index in [-0.39, 0.29) is 6.04 Å². The molecule has 0 saturated carbocycles. The predicted molar refractivity (Wildman–Crippen MR) is 85.3 cm³/mol. The second kappa shape index (κ2) is 6.09. The molecule has 0 bridgehead atoms. The molecule has 2 rings (SSSR count). The van der Waals surface area contributed by atoms with Gasteiger partial charge in [0.15, 0.2) is 0 Å². The topological polar surface area (TPSA) is 12.0 Å². The second-order valence-corrected chi connectivity index (χ2v) is 6.25. The van der Waals surface area contributed by atoms with Crippen LogP contribution in [-0.2, 0) is 0 Å². The molecule has 4 heteroatoms. The zero-order chi connectivity index (χ0) is 13.1. The highest BCUT2D eigenvalue weighted by atomic mass is 79.9. The summed E-state index contributed by atoms with van der Waals surface area (Å²) in [4.78, 5) is 0. The Bertz CT molecular complexity index is 557. The molecular weight excluding hydrogens is 377 g/mol. The van der Waals surface area contributed by atoms with Gasteiger partial charge in [-0.05, 0) is 58.7 Å². The number of nitrogens with one attached hydrogen (secondary N) is 1. The summed E-state index contributed by atoms with van der Waals surface area (Å²) in [5.74, 6) is 0. The Morgan fingerprint density at radius 3 is 2.61 bits per heavy atom. The van der Waals surface area contributed by atoms with Crippen LogP contribution in [-0.4, -0.2) is 0 Å². The van der Waals surface area contributed by atoms with Crippen molar-refractivity contribution in [1.29, 1.82) is 0 Å². The van der Waals surface area contributed by atoms with Crippen LogP contribution >= 0.6 is 43.5 Å². The first-order chi connectivity index (χ1) is 8.56. The van der Waals surface area contributed by atoms with Crippen LogP contribution < -0.4 is 5.32 Å². The lowest BCUT2D eigenvalue weighted by Gasteiger charge is -2.17. The van der Waals surface area contributed by atoms with Crippen molar-refractivity contribution in [3.05, 3.63) is 62.0 Å². The largest absolute Gasteiger partial charge is 0.378 e. The predicted octanol–water partition coefficient (Wildman–Crippen LogP) is 6.04. The maximum atomic E-state index is 6.00. The number of halogens is 3. The quantitative estimate of drug-likeness (QED) is 0.675. The van der Waals surface area contributed by atoms with Gasteiger partial charge in [0, 0.05) is 20.0 Å². The summed E-state index contributed by atoms with van der Waals surface area (Å²) in [7, 11) is 0. The van der Waals surface area contributed by atoms with Crippen LogP contribution in [0.15, 0.2) is 51.4 Å². The molecule has 18 heavy (non-hydrogen) atoms. The van der Waals surface area contributed by atoms with Crippen molar-refractivity contribution in [2.24, 2.45) is 0 Å². The molecule has 0 fully saturated rings. The first-order valence-electron chi connectivity index (χ1n) is 5.53. The van der Waals surface area contributed by atoms with Crippen molar-refractivity contribution in [3.63, 3.8) is 0 Å². The molecule has 1 nitrogen and oxygen atoms in total. The lowest BCUT2D eigenvalue weighted by molar-refractivity contribution is 0.883. The fourth-order valence-electron chi connectivity index (χ4n) is 1.70. The molecule has 0 aliphatic carbocycles. The number of hydrogen-bond acceptors (Lipinski definition) is 1. The molecule has 0 aliphatic heterocycles. The van der Waals surface area contributed by atoms with Crippen molar-refractivity contribution in [2.75, 3.05) is 5.32 Å². The summed E-state index contributed by atoms with van der Waals surface area (Å²) >= 11 is 13.0. The van der Waals surface area contributed by atoms with Gasteiger partial charge in [-0.15, -0.1) is 0 Å². The zero-order valence-corrected chi connectivity index (χ0v) is 13.7. The molecule has 1 atom stereocenters. The summed E-state index contributed by atoms with van der Waals surface area (Å²) in [6.07, 6.45) is 0. The van der Waals surface area contributed by atoms with Gasteiger partial charge >= 0.3 is 0 Å². The van der Waals surface area contributed by atoms with E-state index in [2.05, 4.69) is 50.2 Å². The van der Waals surface area contributed by atoms with Crippen LogP contribution in [0, 0.1) is 0 Å². The molecule has 0 heterocycles. The Morgan fingerprint density at radius 2 is 1.89 bits per heavy atom. The average Bonchev–Trinajstić information content (AvgIpc) is 2.34. The molecule has 0 spiro atoms. The molecule has 2 aromatic carbocycles. The Balaban J connectivity index is 2.21. The molecule has 1 unspecified atom stereocenters. The summed E-state index contributed by atoms with van der Waals surface area (Å²) in [5.41, 5.74) is 2.21. The highest BCUT2D eigenvalue weighted by Crippen LogP contribution is 2.29. The van der Waals surface area contributed by atoms with Crippen molar-refractivity contribution in [3.8, 4) is 0 Å². The fourth-order valence-corrected chi connectivity index (χ4v) is 2.62. The van der Waals surface area contributed by atoms with E-state index in [4.69, 9.17) is 11.6 Å². The lowest BCUT2D eigenvalue weighted by atomic mass is 10.1. The number of anilines is 1. The number of hydrogen-bond donors (Lipinski definition) is 1. The van der Waals surface area contributed by atoms with Gasteiger partial charge in [0.1, 0.15) is 0 Å². The van der Waals surface area contributed by atoms with Gasteiger partial charge in [0.05, 0.1) is 5.69 Å². The number of rotatable bonds is 3.